The molecule has 1 saturated carbocycles. The lowest BCUT2D eigenvalue weighted by atomic mass is 9.73. The summed E-state index contributed by atoms with van der Waals surface area (Å²) in [5.41, 5.74) is 0.0928. The maximum Gasteiger partial charge on any atom is 0.0632 e. The fraction of sp³-hybridized carbons (Fsp3) is 0.846. The summed E-state index contributed by atoms with van der Waals surface area (Å²) in [5.74, 6) is 0.463. The second-order valence-electron chi connectivity index (χ2n) is 5.75. The summed E-state index contributed by atoms with van der Waals surface area (Å²) in [6.45, 7) is 2.15. The predicted octanol–water partition coefficient (Wildman–Crippen LogP) is 0.799. The van der Waals surface area contributed by atoms with Crippen LogP contribution >= 0.6 is 0 Å². The minimum atomic E-state index is -0.0912. The molecular weight excluding hydrogens is 200 g/mol. The van der Waals surface area contributed by atoms with Gasteiger partial charge in [0.2, 0.25) is 0 Å². The molecule has 3 nitrogen and oxygen atoms in total. The SMILES string of the molecule is OC[C@@]12CNC[C@H]1C=CC1(CCCCC1)N2. The van der Waals surface area contributed by atoms with Crippen LogP contribution in [0.15, 0.2) is 12.2 Å². The molecule has 0 aromatic rings. The first-order valence-corrected chi connectivity index (χ1v) is 6.59. The van der Waals surface area contributed by atoms with Crippen LogP contribution in [0.3, 0.4) is 0 Å². The Hall–Kier alpha value is -0.380. The van der Waals surface area contributed by atoms with E-state index in [9.17, 15) is 5.11 Å². The zero-order valence-electron chi connectivity index (χ0n) is 9.84. The number of fused-ring (bicyclic) bond motifs is 1. The average molecular weight is 222 g/mol. The van der Waals surface area contributed by atoms with Crippen LogP contribution in [-0.4, -0.2) is 35.9 Å². The molecule has 0 aromatic carbocycles. The van der Waals surface area contributed by atoms with Gasteiger partial charge in [0.25, 0.3) is 0 Å². The minimum Gasteiger partial charge on any atom is -0.394 e. The Kier molecular flexibility index (Phi) is 2.57. The van der Waals surface area contributed by atoms with Crippen LogP contribution in [0, 0.1) is 5.92 Å². The average Bonchev–Trinajstić information content (AvgIpc) is 2.73. The van der Waals surface area contributed by atoms with Gasteiger partial charge in [-0.25, -0.2) is 0 Å². The van der Waals surface area contributed by atoms with Crippen molar-refractivity contribution in [2.45, 2.75) is 43.2 Å². The Morgan fingerprint density at radius 2 is 2.06 bits per heavy atom. The van der Waals surface area contributed by atoms with Crippen LogP contribution in [0.2, 0.25) is 0 Å². The van der Waals surface area contributed by atoms with E-state index < -0.39 is 0 Å². The standard InChI is InChI=1S/C13H22N2O/c16-10-13-9-14-8-11(13)4-7-12(15-13)5-2-1-3-6-12/h4,7,11,14-16H,1-3,5-6,8-10H2/t11-,13+/m1/s1. The van der Waals surface area contributed by atoms with E-state index in [0.717, 1.165) is 13.1 Å². The van der Waals surface area contributed by atoms with Crippen molar-refractivity contribution in [3.05, 3.63) is 12.2 Å². The number of nitrogens with one attached hydrogen (secondary N) is 2. The molecule has 1 spiro atoms. The highest BCUT2D eigenvalue weighted by Gasteiger charge is 2.48. The van der Waals surface area contributed by atoms with E-state index in [1.807, 2.05) is 0 Å². The topological polar surface area (TPSA) is 44.3 Å². The van der Waals surface area contributed by atoms with Gasteiger partial charge >= 0.3 is 0 Å². The molecule has 3 heteroatoms. The lowest BCUT2D eigenvalue weighted by molar-refractivity contribution is 0.0974. The van der Waals surface area contributed by atoms with Crippen LogP contribution < -0.4 is 10.6 Å². The first kappa shape index (κ1) is 10.8. The molecule has 0 unspecified atom stereocenters. The van der Waals surface area contributed by atoms with Crippen molar-refractivity contribution < 1.29 is 5.11 Å². The molecule has 0 aromatic heterocycles. The minimum absolute atomic E-state index is 0.0912. The fourth-order valence-corrected chi connectivity index (χ4v) is 3.69. The van der Waals surface area contributed by atoms with Gasteiger partial charge in [0, 0.05) is 24.5 Å². The summed E-state index contributed by atoms with van der Waals surface area (Å²) in [6, 6.07) is 0. The van der Waals surface area contributed by atoms with E-state index in [-0.39, 0.29) is 17.7 Å². The highest BCUT2D eigenvalue weighted by atomic mass is 16.3. The largest absolute Gasteiger partial charge is 0.394 e. The summed E-state index contributed by atoms with van der Waals surface area (Å²) in [7, 11) is 0. The number of aliphatic hydroxyl groups is 1. The van der Waals surface area contributed by atoms with Crippen molar-refractivity contribution >= 4 is 0 Å². The molecule has 2 aliphatic heterocycles. The third-order valence-electron chi connectivity index (χ3n) is 4.69. The van der Waals surface area contributed by atoms with E-state index in [2.05, 4.69) is 22.8 Å². The van der Waals surface area contributed by atoms with Gasteiger partial charge in [-0.05, 0) is 12.8 Å². The Morgan fingerprint density at radius 3 is 2.81 bits per heavy atom. The summed E-state index contributed by atoms with van der Waals surface area (Å²) in [6.07, 6.45) is 11.2. The highest BCUT2D eigenvalue weighted by molar-refractivity contribution is 5.23. The van der Waals surface area contributed by atoms with Crippen molar-refractivity contribution in [3.63, 3.8) is 0 Å². The third-order valence-corrected chi connectivity index (χ3v) is 4.69. The van der Waals surface area contributed by atoms with Crippen LogP contribution in [-0.2, 0) is 0 Å². The molecule has 2 heterocycles. The van der Waals surface area contributed by atoms with Gasteiger partial charge in [-0.3, -0.25) is 5.32 Å². The zero-order chi connectivity index (χ0) is 11.1. The van der Waals surface area contributed by atoms with E-state index in [0.29, 0.717) is 5.92 Å². The molecule has 3 aliphatic rings. The third kappa shape index (κ3) is 1.53. The van der Waals surface area contributed by atoms with Crippen molar-refractivity contribution in [2.24, 2.45) is 5.92 Å². The molecule has 2 atom stereocenters. The second-order valence-corrected chi connectivity index (χ2v) is 5.75. The molecule has 0 bridgehead atoms. The smallest absolute Gasteiger partial charge is 0.0632 e. The molecule has 3 rings (SSSR count). The molecule has 1 saturated heterocycles. The van der Waals surface area contributed by atoms with Crippen molar-refractivity contribution in [1.82, 2.24) is 10.6 Å². The lowest BCUT2D eigenvalue weighted by Gasteiger charge is -2.48. The Balaban J connectivity index is 1.87. The Morgan fingerprint density at radius 1 is 1.25 bits per heavy atom. The molecule has 16 heavy (non-hydrogen) atoms. The van der Waals surface area contributed by atoms with Crippen molar-refractivity contribution in [2.75, 3.05) is 19.7 Å². The number of rotatable bonds is 1. The molecule has 0 radical (unpaired) electrons. The molecule has 0 amide bonds. The Bertz CT molecular complexity index is 296. The normalized spacial score (nSPS) is 41.2. The molecule has 90 valence electrons. The van der Waals surface area contributed by atoms with Crippen molar-refractivity contribution in [1.29, 1.82) is 0 Å². The van der Waals surface area contributed by atoms with Gasteiger partial charge in [-0.15, -0.1) is 0 Å². The van der Waals surface area contributed by atoms with Crippen LogP contribution in [0.5, 0.6) is 0 Å². The van der Waals surface area contributed by atoms with Crippen LogP contribution in [0.1, 0.15) is 32.1 Å². The summed E-state index contributed by atoms with van der Waals surface area (Å²) in [5, 5.41) is 16.9. The van der Waals surface area contributed by atoms with Crippen LogP contribution in [0.4, 0.5) is 0 Å². The summed E-state index contributed by atoms with van der Waals surface area (Å²) < 4.78 is 0. The van der Waals surface area contributed by atoms with Gasteiger partial charge in [-0.1, -0.05) is 31.4 Å². The summed E-state index contributed by atoms with van der Waals surface area (Å²) >= 11 is 0. The molecular formula is C13H22N2O. The van der Waals surface area contributed by atoms with Gasteiger partial charge < -0.3 is 10.4 Å². The van der Waals surface area contributed by atoms with Gasteiger partial charge in [0.05, 0.1) is 12.1 Å². The van der Waals surface area contributed by atoms with E-state index in [1.165, 1.54) is 32.1 Å². The lowest BCUT2D eigenvalue weighted by Crippen LogP contribution is -2.65. The van der Waals surface area contributed by atoms with Gasteiger partial charge in [-0.2, -0.15) is 0 Å². The van der Waals surface area contributed by atoms with Crippen LogP contribution in [0.25, 0.3) is 0 Å². The monoisotopic (exact) mass is 222 g/mol. The summed E-state index contributed by atoms with van der Waals surface area (Å²) in [4.78, 5) is 0. The first-order chi connectivity index (χ1) is 7.79. The first-order valence-electron chi connectivity index (χ1n) is 6.59. The maximum atomic E-state index is 9.73. The molecule has 1 aliphatic carbocycles. The zero-order valence-corrected chi connectivity index (χ0v) is 9.84. The highest BCUT2D eigenvalue weighted by Crippen LogP contribution is 2.38. The van der Waals surface area contributed by atoms with E-state index >= 15 is 0 Å². The predicted molar refractivity (Wildman–Crippen MR) is 64.3 cm³/mol. The molecule has 3 N–H and O–H groups in total. The molecule has 2 fully saturated rings. The number of hydrogen-bond acceptors (Lipinski definition) is 3. The maximum absolute atomic E-state index is 9.73. The van der Waals surface area contributed by atoms with Gasteiger partial charge in [0.1, 0.15) is 0 Å². The van der Waals surface area contributed by atoms with E-state index in [4.69, 9.17) is 0 Å². The number of aliphatic hydroxyl groups excluding tert-OH is 1. The second kappa shape index (κ2) is 3.83. The number of hydrogen-bond donors (Lipinski definition) is 3. The van der Waals surface area contributed by atoms with E-state index in [1.54, 1.807) is 0 Å². The fourth-order valence-electron chi connectivity index (χ4n) is 3.69. The van der Waals surface area contributed by atoms with Crippen molar-refractivity contribution in [3.8, 4) is 0 Å². The Labute approximate surface area is 97.3 Å². The van der Waals surface area contributed by atoms with Gasteiger partial charge in [0.15, 0.2) is 0 Å². The quantitative estimate of drug-likeness (QED) is 0.575.